The molecule has 134 valence electrons. The second-order valence-electron chi connectivity index (χ2n) is 6.37. The molecule has 0 saturated carbocycles. The van der Waals surface area contributed by atoms with Crippen molar-refractivity contribution < 1.29 is 14.3 Å². The Bertz CT molecular complexity index is 895. The summed E-state index contributed by atoms with van der Waals surface area (Å²) in [6.07, 6.45) is 5.48. The van der Waals surface area contributed by atoms with Gasteiger partial charge in [-0.15, -0.1) is 11.8 Å². The summed E-state index contributed by atoms with van der Waals surface area (Å²) in [5.41, 5.74) is 6.24. The number of carboxylic acids is 1. The van der Waals surface area contributed by atoms with E-state index in [0.717, 1.165) is 33.4 Å². The number of fused-ring (bicyclic) bond motifs is 1. The second kappa shape index (κ2) is 7.92. The van der Waals surface area contributed by atoms with E-state index in [1.165, 1.54) is 11.0 Å². The molecule has 2 aromatic carbocycles. The first-order valence-electron chi connectivity index (χ1n) is 8.57. The number of hydrogen-bond donors (Lipinski definition) is 1. The predicted octanol–water partition coefficient (Wildman–Crippen LogP) is 6.13. The van der Waals surface area contributed by atoms with Gasteiger partial charge in [-0.05, 0) is 89.8 Å². The minimum Gasteiger partial charge on any atom is -0.481 e. The average Bonchev–Trinajstić information content (AvgIpc) is 2.87. The number of hydrogen-bond acceptors (Lipinski definition) is 2. The molecule has 0 radical (unpaired) electrons. The van der Waals surface area contributed by atoms with Gasteiger partial charge < -0.3 is 5.11 Å². The molecule has 4 heteroatoms. The van der Waals surface area contributed by atoms with E-state index in [2.05, 4.69) is 30.3 Å². The number of aliphatic carboxylic acids is 1. The summed E-state index contributed by atoms with van der Waals surface area (Å²) in [6.45, 7) is 2.04. The van der Waals surface area contributed by atoms with E-state index < -0.39 is 5.97 Å². The molecule has 3 rings (SSSR count). The standard InChI is InChI=1S/C22H21FO2S/c1-14-18(4-3-5-22(24)25)21-13-16(23)8-11-19(21)20(14)12-15-6-9-17(26-2)10-7-15/h6-13H,3-5H2,1-2H3,(H,24,25)/b20-12-. The Morgan fingerprint density at radius 3 is 2.54 bits per heavy atom. The van der Waals surface area contributed by atoms with Gasteiger partial charge in [0.25, 0.3) is 0 Å². The first-order chi connectivity index (χ1) is 12.5. The predicted molar refractivity (Wildman–Crippen MR) is 107 cm³/mol. The molecule has 0 heterocycles. The van der Waals surface area contributed by atoms with Gasteiger partial charge in [0.05, 0.1) is 0 Å². The third-order valence-corrected chi connectivity index (χ3v) is 5.44. The number of carbonyl (C=O) groups is 1. The van der Waals surface area contributed by atoms with Crippen LogP contribution in [0.25, 0.3) is 17.2 Å². The van der Waals surface area contributed by atoms with Crippen LogP contribution in [0.5, 0.6) is 0 Å². The van der Waals surface area contributed by atoms with Gasteiger partial charge >= 0.3 is 5.97 Å². The highest BCUT2D eigenvalue weighted by atomic mass is 32.2. The van der Waals surface area contributed by atoms with Crippen molar-refractivity contribution in [3.63, 3.8) is 0 Å². The molecule has 0 atom stereocenters. The van der Waals surface area contributed by atoms with Crippen LogP contribution in [0, 0.1) is 5.82 Å². The molecule has 2 aromatic rings. The number of benzene rings is 2. The van der Waals surface area contributed by atoms with Crippen LogP contribution in [0.15, 0.2) is 52.9 Å². The van der Waals surface area contributed by atoms with Crippen molar-refractivity contribution in [2.45, 2.75) is 31.1 Å². The Hall–Kier alpha value is -2.33. The molecule has 0 saturated heterocycles. The molecule has 0 aliphatic heterocycles. The summed E-state index contributed by atoms with van der Waals surface area (Å²) in [5.74, 6) is -1.07. The van der Waals surface area contributed by atoms with Crippen molar-refractivity contribution in [1.82, 2.24) is 0 Å². The highest BCUT2D eigenvalue weighted by Crippen LogP contribution is 2.44. The summed E-state index contributed by atoms with van der Waals surface area (Å²) in [7, 11) is 0. The molecule has 1 aliphatic carbocycles. The largest absolute Gasteiger partial charge is 0.481 e. The molecular weight excluding hydrogens is 347 g/mol. The summed E-state index contributed by atoms with van der Waals surface area (Å²) in [6, 6.07) is 13.2. The monoisotopic (exact) mass is 368 g/mol. The van der Waals surface area contributed by atoms with Gasteiger partial charge in [-0.1, -0.05) is 18.2 Å². The Kier molecular flexibility index (Phi) is 5.62. The summed E-state index contributed by atoms with van der Waals surface area (Å²) in [4.78, 5) is 12.0. The van der Waals surface area contributed by atoms with Crippen LogP contribution in [0.1, 0.15) is 42.9 Å². The third-order valence-electron chi connectivity index (χ3n) is 4.70. The average molecular weight is 368 g/mol. The molecule has 26 heavy (non-hydrogen) atoms. The van der Waals surface area contributed by atoms with Gasteiger partial charge in [0.2, 0.25) is 0 Å². The minimum atomic E-state index is -0.801. The number of rotatable bonds is 6. The molecule has 1 N–H and O–H groups in total. The second-order valence-corrected chi connectivity index (χ2v) is 7.25. The molecule has 0 spiro atoms. The molecule has 2 nitrogen and oxygen atoms in total. The highest BCUT2D eigenvalue weighted by Gasteiger charge is 2.24. The molecule has 0 amide bonds. The maximum absolute atomic E-state index is 13.8. The van der Waals surface area contributed by atoms with Gasteiger partial charge in [0, 0.05) is 11.3 Å². The van der Waals surface area contributed by atoms with E-state index in [0.29, 0.717) is 12.8 Å². The van der Waals surface area contributed by atoms with E-state index in [4.69, 9.17) is 5.11 Å². The number of carboxylic acid groups (broad SMARTS) is 1. The minimum absolute atomic E-state index is 0.122. The Morgan fingerprint density at radius 2 is 1.88 bits per heavy atom. The van der Waals surface area contributed by atoms with E-state index in [1.54, 1.807) is 17.8 Å². The van der Waals surface area contributed by atoms with Gasteiger partial charge in [-0.3, -0.25) is 4.79 Å². The summed E-state index contributed by atoms with van der Waals surface area (Å²) >= 11 is 1.70. The van der Waals surface area contributed by atoms with Crippen molar-refractivity contribution in [2.24, 2.45) is 0 Å². The number of halogens is 1. The first kappa shape index (κ1) is 18.5. The molecule has 0 aromatic heterocycles. The highest BCUT2D eigenvalue weighted by molar-refractivity contribution is 7.98. The Morgan fingerprint density at radius 1 is 1.15 bits per heavy atom. The van der Waals surface area contributed by atoms with Crippen molar-refractivity contribution in [3.05, 3.63) is 70.5 Å². The lowest BCUT2D eigenvalue weighted by Gasteiger charge is -2.05. The maximum atomic E-state index is 13.8. The van der Waals surface area contributed by atoms with Crippen molar-refractivity contribution in [3.8, 4) is 0 Å². The molecule has 1 aliphatic rings. The van der Waals surface area contributed by atoms with E-state index in [-0.39, 0.29) is 12.2 Å². The fraction of sp³-hybridized carbons (Fsp3) is 0.227. The number of thioether (sulfide) groups is 1. The lowest BCUT2D eigenvalue weighted by Crippen LogP contribution is -1.95. The van der Waals surface area contributed by atoms with Crippen LogP contribution in [-0.4, -0.2) is 17.3 Å². The topological polar surface area (TPSA) is 37.3 Å². The lowest BCUT2D eigenvalue weighted by atomic mass is 10.00. The van der Waals surface area contributed by atoms with Crippen molar-refractivity contribution in [1.29, 1.82) is 0 Å². The number of allylic oxidation sites excluding steroid dienone is 3. The molecule has 0 fully saturated rings. The zero-order valence-electron chi connectivity index (χ0n) is 14.9. The van der Waals surface area contributed by atoms with Gasteiger partial charge in [-0.25, -0.2) is 4.39 Å². The van der Waals surface area contributed by atoms with Crippen molar-refractivity contribution in [2.75, 3.05) is 6.26 Å². The molecule has 0 unspecified atom stereocenters. The Labute approximate surface area is 157 Å². The fourth-order valence-corrected chi connectivity index (χ4v) is 3.77. The maximum Gasteiger partial charge on any atom is 0.303 e. The van der Waals surface area contributed by atoms with Gasteiger partial charge in [0.1, 0.15) is 5.82 Å². The Balaban J connectivity index is 1.99. The quantitative estimate of drug-likeness (QED) is 0.623. The first-order valence-corrected chi connectivity index (χ1v) is 9.80. The van der Waals surface area contributed by atoms with E-state index in [1.807, 2.05) is 19.2 Å². The van der Waals surface area contributed by atoms with E-state index in [9.17, 15) is 9.18 Å². The van der Waals surface area contributed by atoms with Gasteiger partial charge in [-0.2, -0.15) is 0 Å². The smallest absolute Gasteiger partial charge is 0.303 e. The van der Waals surface area contributed by atoms with Crippen LogP contribution in [0.4, 0.5) is 4.39 Å². The summed E-state index contributed by atoms with van der Waals surface area (Å²) in [5, 5.41) is 8.89. The van der Waals surface area contributed by atoms with Crippen LogP contribution < -0.4 is 0 Å². The lowest BCUT2D eigenvalue weighted by molar-refractivity contribution is -0.137. The van der Waals surface area contributed by atoms with Crippen LogP contribution >= 0.6 is 11.8 Å². The van der Waals surface area contributed by atoms with Crippen molar-refractivity contribution >= 4 is 35.0 Å². The van der Waals surface area contributed by atoms with E-state index >= 15 is 0 Å². The molecule has 0 bridgehead atoms. The van der Waals surface area contributed by atoms with Crippen LogP contribution in [-0.2, 0) is 4.79 Å². The molecular formula is C22H21FO2S. The normalized spacial score (nSPS) is 14.8. The van der Waals surface area contributed by atoms with Crippen LogP contribution in [0.2, 0.25) is 0 Å². The zero-order valence-corrected chi connectivity index (χ0v) is 15.7. The SMILES string of the molecule is CSc1ccc(/C=C2/C(C)=C(CCCC(=O)O)c3cc(F)ccc32)cc1. The summed E-state index contributed by atoms with van der Waals surface area (Å²) < 4.78 is 13.8. The van der Waals surface area contributed by atoms with Gasteiger partial charge in [0.15, 0.2) is 0 Å². The van der Waals surface area contributed by atoms with Crippen LogP contribution in [0.3, 0.4) is 0 Å². The third kappa shape index (κ3) is 3.91. The zero-order chi connectivity index (χ0) is 18.7. The fourth-order valence-electron chi connectivity index (χ4n) is 3.36.